The van der Waals surface area contributed by atoms with E-state index in [0.717, 1.165) is 33.6 Å². The Bertz CT molecular complexity index is 1350. The summed E-state index contributed by atoms with van der Waals surface area (Å²) in [6.45, 7) is 0. The molecule has 1 N–H and O–H groups in total. The van der Waals surface area contributed by atoms with Crippen LogP contribution in [-0.2, 0) is 0 Å². The molecule has 1 fully saturated rings. The van der Waals surface area contributed by atoms with E-state index >= 15 is 0 Å². The fourth-order valence-corrected chi connectivity index (χ4v) is 4.23. The Kier molecular flexibility index (Phi) is 4.69. The monoisotopic (exact) mass is 416 g/mol. The van der Waals surface area contributed by atoms with Crippen LogP contribution >= 0.6 is 0 Å². The van der Waals surface area contributed by atoms with Crippen molar-refractivity contribution >= 4 is 11.5 Å². The van der Waals surface area contributed by atoms with Gasteiger partial charge in [-0.05, 0) is 37.0 Å². The van der Waals surface area contributed by atoms with Crippen LogP contribution in [0.25, 0.3) is 39.4 Å². The summed E-state index contributed by atoms with van der Waals surface area (Å²) in [5.41, 5.74) is 7.46. The smallest absolute Gasteiger partial charge is 0.234 e. The van der Waals surface area contributed by atoms with E-state index in [1.165, 1.54) is 24.9 Å². The molecule has 0 atom stereocenters. The molecule has 0 unspecified atom stereocenters. The van der Waals surface area contributed by atoms with Crippen LogP contribution in [0.5, 0.6) is 0 Å². The average molecular weight is 417 g/mol. The van der Waals surface area contributed by atoms with Gasteiger partial charge in [-0.3, -0.25) is 4.40 Å². The van der Waals surface area contributed by atoms with Gasteiger partial charge in [0.25, 0.3) is 0 Å². The van der Waals surface area contributed by atoms with E-state index in [-0.39, 0.29) is 0 Å². The molecule has 6 rings (SSSR count). The van der Waals surface area contributed by atoms with E-state index in [4.69, 9.17) is 9.97 Å². The molecule has 1 aliphatic carbocycles. The number of benzene rings is 3. The van der Waals surface area contributed by atoms with Crippen molar-refractivity contribution in [2.75, 3.05) is 5.32 Å². The molecule has 0 amide bonds. The number of imidazole rings is 1. The molecule has 32 heavy (non-hydrogen) atoms. The van der Waals surface area contributed by atoms with Crippen LogP contribution < -0.4 is 5.32 Å². The van der Waals surface area contributed by atoms with Crippen LogP contribution in [0, 0.1) is 0 Å². The molecule has 3 aromatic carbocycles. The lowest BCUT2D eigenvalue weighted by atomic mass is 9.93. The van der Waals surface area contributed by atoms with Crippen molar-refractivity contribution in [2.45, 2.75) is 25.3 Å². The fraction of sp³-hybridized carbons (Fsp3) is 0.143. The lowest BCUT2D eigenvalue weighted by Gasteiger charge is -2.27. The highest BCUT2D eigenvalue weighted by Gasteiger charge is 2.17. The van der Waals surface area contributed by atoms with Crippen molar-refractivity contribution in [3.05, 3.63) is 97.3 Å². The van der Waals surface area contributed by atoms with Gasteiger partial charge in [-0.1, -0.05) is 72.8 Å². The van der Waals surface area contributed by atoms with Gasteiger partial charge in [0.05, 0.1) is 11.4 Å². The zero-order valence-corrected chi connectivity index (χ0v) is 17.8. The molecular formula is C28H24N4. The Morgan fingerprint density at radius 2 is 1.38 bits per heavy atom. The van der Waals surface area contributed by atoms with E-state index < -0.39 is 0 Å². The van der Waals surface area contributed by atoms with Gasteiger partial charge in [-0.2, -0.15) is 0 Å². The third-order valence-electron chi connectivity index (χ3n) is 6.24. The van der Waals surface area contributed by atoms with Gasteiger partial charge < -0.3 is 5.32 Å². The maximum absolute atomic E-state index is 5.02. The molecule has 0 bridgehead atoms. The molecule has 0 aliphatic heterocycles. The summed E-state index contributed by atoms with van der Waals surface area (Å²) in [4.78, 5) is 9.84. The van der Waals surface area contributed by atoms with Crippen molar-refractivity contribution in [2.24, 2.45) is 0 Å². The molecular weight excluding hydrogens is 392 g/mol. The summed E-state index contributed by atoms with van der Waals surface area (Å²) in [7, 11) is 0. The Hall–Kier alpha value is -3.92. The molecule has 1 aliphatic rings. The number of fused-ring (bicyclic) bond motifs is 1. The van der Waals surface area contributed by atoms with Gasteiger partial charge in [0, 0.05) is 40.8 Å². The van der Waals surface area contributed by atoms with Crippen molar-refractivity contribution < 1.29 is 0 Å². The van der Waals surface area contributed by atoms with Crippen LogP contribution in [0.2, 0.25) is 0 Å². The number of nitrogens with zero attached hydrogens (tertiary/aromatic N) is 3. The second-order valence-electron chi connectivity index (χ2n) is 8.42. The molecule has 156 valence electrons. The molecule has 0 saturated heterocycles. The molecule has 1 saturated carbocycles. The number of rotatable bonds is 5. The number of hydrogen-bond acceptors (Lipinski definition) is 3. The quantitative estimate of drug-likeness (QED) is 0.347. The van der Waals surface area contributed by atoms with Crippen LogP contribution in [-0.4, -0.2) is 20.4 Å². The molecule has 0 radical (unpaired) electrons. The van der Waals surface area contributed by atoms with Gasteiger partial charge in [0.1, 0.15) is 0 Å². The lowest BCUT2D eigenvalue weighted by Crippen LogP contribution is -2.26. The van der Waals surface area contributed by atoms with Crippen molar-refractivity contribution in [1.29, 1.82) is 0 Å². The van der Waals surface area contributed by atoms with Gasteiger partial charge in [-0.15, -0.1) is 0 Å². The summed E-state index contributed by atoms with van der Waals surface area (Å²) in [6, 6.07) is 30.0. The van der Waals surface area contributed by atoms with E-state index in [2.05, 4.69) is 78.4 Å². The topological polar surface area (TPSA) is 42.2 Å². The first-order valence-electron chi connectivity index (χ1n) is 11.2. The van der Waals surface area contributed by atoms with E-state index in [1.807, 2.05) is 28.7 Å². The molecule has 2 heterocycles. The predicted octanol–water partition coefficient (Wildman–Crippen LogP) is 6.69. The van der Waals surface area contributed by atoms with E-state index in [9.17, 15) is 0 Å². The first-order chi connectivity index (χ1) is 15.8. The summed E-state index contributed by atoms with van der Waals surface area (Å²) in [5, 5.41) is 3.62. The number of hydrogen-bond donors (Lipinski definition) is 1. The Morgan fingerprint density at radius 3 is 2.03 bits per heavy atom. The Balaban J connectivity index is 1.46. The molecule has 0 spiro atoms. The minimum absolute atomic E-state index is 0.622. The molecule has 4 heteroatoms. The summed E-state index contributed by atoms with van der Waals surface area (Å²) in [5.74, 6) is 0.704. The standard InChI is InChI=1S/C28H24N4/c1-3-8-20(9-4-1)25-18-32-19-26(21-10-5-2-6-11-21)30-28(32)31-27(25)22-14-16-24(17-15-22)29-23-12-7-13-23/h1-6,8-11,14-19,23,29H,7,12-13H2. The van der Waals surface area contributed by atoms with Crippen LogP contribution in [0.1, 0.15) is 19.3 Å². The number of nitrogens with one attached hydrogen (secondary N) is 1. The largest absolute Gasteiger partial charge is 0.382 e. The number of aromatic nitrogens is 3. The van der Waals surface area contributed by atoms with E-state index in [1.54, 1.807) is 0 Å². The SMILES string of the molecule is c1ccc(-c2cn3cc(-c4ccccc4)c(-c4ccc(NC5CCC5)cc4)nc3n2)cc1. The Morgan fingerprint density at radius 1 is 0.688 bits per heavy atom. The third kappa shape index (κ3) is 3.54. The van der Waals surface area contributed by atoms with Gasteiger partial charge in [0.15, 0.2) is 0 Å². The van der Waals surface area contributed by atoms with Crippen LogP contribution in [0.4, 0.5) is 5.69 Å². The predicted molar refractivity (Wildman–Crippen MR) is 131 cm³/mol. The molecule has 4 nitrogen and oxygen atoms in total. The highest BCUT2D eigenvalue weighted by Crippen LogP contribution is 2.33. The second-order valence-corrected chi connectivity index (χ2v) is 8.42. The molecule has 2 aromatic heterocycles. The zero-order valence-electron chi connectivity index (χ0n) is 17.8. The lowest BCUT2D eigenvalue weighted by molar-refractivity contribution is 0.445. The van der Waals surface area contributed by atoms with E-state index in [0.29, 0.717) is 11.8 Å². The maximum atomic E-state index is 5.02. The first-order valence-corrected chi connectivity index (χ1v) is 11.2. The summed E-state index contributed by atoms with van der Waals surface area (Å²) >= 11 is 0. The number of anilines is 1. The maximum Gasteiger partial charge on any atom is 0.234 e. The molecule has 5 aromatic rings. The van der Waals surface area contributed by atoms with Crippen LogP contribution in [0.15, 0.2) is 97.3 Å². The zero-order chi connectivity index (χ0) is 21.3. The fourth-order valence-electron chi connectivity index (χ4n) is 4.23. The first kappa shape index (κ1) is 18.8. The normalized spacial score (nSPS) is 13.8. The van der Waals surface area contributed by atoms with Crippen LogP contribution in [0.3, 0.4) is 0 Å². The van der Waals surface area contributed by atoms with Gasteiger partial charge in [0.2, 0.25) is 5.78 Å². The van der Waals surface area contributed by atoms with Crippen molar-refractivity contribution in [3.8, 4) is 33.6 Å². The highest BCUT2D eigenvalue weighted by molar-refractivity contribution is 5.82. The van der Waals surface area contributed by atoms with Crippen molar-refractivity contribution in [3.63, 3.8) is 0 Å². The summed E-state index contributed by atoms with van der Waals surface area (Å²) < 4.78 is 2.03. The minimum atomic E-state index is 0.622. The second kappa shape index (κ2) is 7.97. The summed E-state index contributed by atoms with van der Waals surface area (Å²) in [6.07, 6.45) is 8.06. The third-order valence-corrected chi connectivity index (χ3v) is 6.24. The van der Waals surface area contributed by atoms with Crippen molar-refractivity contribution in [1.82, 2.24) is 14.4 Å². The minimum Gasteiger partial charge on any atom is -0.382 e. The van der Waals surface area contributed by atoms with Gasteiger partial charge in [-0.25, -0.2) is 9.97 Å². The van der Waals surface area contributed by atoms with Gasteiger partial charge >= 0.3 is 0 Å². The average Bonchev–Trinajstić information content (AvgIpc) is 3.25. The highest BCUT2D eigenvalue weighted by atomic mass is 15.1. The Labute approximate surface area is 187 Å².